The summed E-state index contributed by atoms with van der Waals surface area (Å²) in [6, 6.07) is 0.401. The van der Waals surface area contributed by atoms with Crippen molar-refractivity contribution in [3.8, 4) is 0 Å². The molecule has 0 bridgehead atoms. The van der Waals surface area contributed by atoms with Crippen molar-refractivity contribution in [3.05, 3.63) is 0 Å². The van der Waals surface area contributed by atoms with Crippen LogP contribution in [-0.4, -0.2) is 27.3 Å². The van der Waals surface area contributed by atoms with Crippen LogP contribution in [0.2, 0.25) is 0 Å². The molecular weight excluding hydrogens is 194 g/mol. The molecule has 86 valence electrons. The average molecular weight is 219 g/mol. The molecule has 0 saturated heterocycles. The Morgan fingerprint density at radius 1 is 1.21 bits per heavy atom. The van der Waals surface area contributed by atoms with Gasteiger partial charge in [0.15, 0.2) is 0 Å². The second kappa shape index (κ2) is 7.41. The lowest BCUT2D eigenvalue weighted by atomic mass is 10.1. The van der Waals surface area contributed by atoms with Gasteiger partial charge in [0.05, 0.1) is 0 Å². The third-order valence-electron chi connectivity index (χ3n) is 2.49. The molecule has 0 fully saturated rings. The van der Waals surface area contributed by atoms with Gasteiger partial charge in [0, 0.05) is 27.3 Å². The van der Waals surface area contributed by atoms with Crippen LogP contribution < -0.4 is 5.32 Å². The summed E-state index contributed by atoms with van der Waals surface area (Å²) in [6.07, 6.45) is 2.19. The molecule has 0 heterocycles. The van der Waals surface area contributed by atoms with Crippen LogP contribution in [0.3, 0.4) is 0 Å². The Labute approximate surface area is 91.3 Å². The first-order valence-corrected chi connectivity index (χ1v) is 6.94. The summed E-state index contributed by atoms with van der Waals surface area (Å²) in [5.74, 6) is 0. The molecule has 3 atom stereocenters. The first-order chi connectivity index (χ1) is 6.54. The highest BCUT2D eigenvalue weighted by Gasteiger charge is 2.22. The number of nitrogens with one attached hydrogen (secondary N) is 1. The molecule has 14 heavy (non-hydrogen) atoms. The molecule has 0 radical (unpaired) electrons. The fourth-order valence-electron chi connectivity index (χ4n) is 1.56. The highest BCUT2D eigenvalue weighted by molar-refractivity contribution is 7.86. The van der Waals surface area contributed by atoms with Crippen molar-refractivity contribution in [3.63, 3.8) is 0 Å². The summed E-state index contributed by atoms with van der Waals surface area (Å²) in [5.41, 5.74) is 0. The van der Waals surface area contributed by atoms with Gasteiger partial charge in [0.1, 0.15) is 0 Å². The zero-order valence-corrected chi connectivity index (χ0v) is 11.0. The van der Waals surface area contributed by atoms with E-state index >= 15 is 0 Å². The third kappa shape index (κ3) is 4.56. The number of hydrogen-bond acceptors (Lipinski definition) is 2. The second-order valence-electron chi connectivity index (χ2n) is 4.05. The molecule has 0 aliphatic heterocycles. The molecule has 0 rings (SSSR count). The molecule has 0 aliphatic rings. The van der Waals surface area contributed by atoms with E-state index in [0.29, 0.717) is 6.04 Å². The van der Waals surface area contributed by atoms with Crippen molar-refractivity contribution >= 4 is 10.8 Å². The van der Waals surface area contributed by atoms with Gasteiger partial charge in [-0.3, -0.25) is 4.21 Å². The predicted octanol–water partition coefficient (Wildman–Crippen LogP) is 2.31. The Morgan fingerprint density at radius 2 is 1.79 bits per heavy atom. The van der Waals surface area contributed by atoms with Crippen molar-refractivity contribution in [2.45, 2.75) is 64.0 Å². The highest BCUT2D eigenvalue weighted by Crippen LogP contribution is 2.10. The monoisotopic (exact) mass is 219 g/mol. The van der Waals surface area contributed by atoms with Gasteiger partial charge in [-0.05, 0) is 26.3 Å². The molecule has 2 nitrogen and oxygen atoms in total. The smallest absolute Gasteiger partial charge is 0.0475 e. The highest BCUT2D eigenvalue weighted by atomic mass is 32.2. The van der Waals surface area contributed by atoms with Gasteiger partial charge in [-0.1, -0.05) is 27.7 Å². The molecule has 0 amide bonds. The van der Waals surface area contributed by atoms with Crippen molar-refractivity contribution in [1.29, 1.82) is 0 Å². The molecule has 0 aromatic rings. The minimum absolute atomic E-state index is 0.256. The Hall–Kier alpha value is 0.110. The number of hydrogen-bond donors (Lipinski definition) is 1. The zero-order valence-electron chi connectivity index (χ0n) is 10.2. The normalized spacial score (nSPS) is 18.1. The molecule has 0 saturated carbocycles. The second-order valence-corrected chi connectivity index (χ2v) is 6.39. The van der Waals surface area contributed by atoms with E-state index in [-0.39, 0.29) is 10.5 Å². The van der Waals surface area contributed by atoms with Gasteiger partial charge >= 0.3 is 0 Å². The summed E-state index contributed by atoms with van der Waals surface area (Å²) in [5, 5.41) is 3.98. The van der Waals surface area contributed by atoms with Crippen LogP contribution in [0.5, 0.6) is 0 Å². The molecular formula is C11H25NOS. The van der Waals surface area contributed by atoms with Crippen molar-refractivity contribution in [2.75, 3.05) is 6.54 Å². The van der Waals surface area contributed by atoms with E-state index in [9.17, 15) is 4.21 Å². The van der Waals surface area contributed by atoms with Crippen LogP contribution in [0.4, 0.5) is 0 Å². The molecule has 3 heteroatoms. The molecule has 1 N–H and O–H groups in total. The van der Waals surface area contributed by atoms with Crippen LogP contribution >= 0.6 is 0 Å². The average Bonchev–Trinajstić information content (AvgIpc) is 2.17. The van der Waals surface area contributed by atoms with E-state index in [1.807, 2.05) is 13.8 Å². The predicted molar refractivity (Wildman–Crippen MR) is 65.1 cm³/mol. The van der Waals surface area contributed by atoms with Crippen LogP contribution in [0.25, 0.3) is 0 Å². The van der Waals surface area contributed by atoms with Gasteiger partial charge in [-0.15, -0.1) is 0 Å². The minimum atomic E-state index is -0.712. The van der Waals surface area contributed by atoms with Crippen molar-refractivity contribution in [2.24, 2.45) is 0 Å². The lowest BCUT2D eigenvalue weighted by Crippen LogP contribution is -2.42. The Bertz CT molecular complexity index is 171. The minimum Gasteiger partial charge on any atom is -0.313 e. The maximum atomic E-state index is 11.9. The first kappa shape index (κ1) is 14.1. The SMILES string of the molecule is CCCNC(CC)C(C)S(=O)C(C)C. The Balaban J connectivity index is 4.15. The topological polar surface area (TPSA) is 29.1 Å². The standard InChI is InChI=1S/C11H25NOS/c1-6-8-12-11(7-2)10(5)14(13)9(3)4/h9-12H,6-8H2,1-5H3. The fourth-order valence-corrected chi connectivity index (χ4v) is 3.03. The molecule has 0 aromatic heterocycles. The lowest BCUT2D eigenvalue weighted by Gasteiger charge is -2.24. The van der Waals surface area contributed by atoms with Gasteiger partial charge < -0.3 is 5.32 Å². The van der Waals surface area contributed by atoms with E-state index in [1.165, 1.54) is 0 Å². The number of rotatable bonds is 7. The summed E-state index contributed by atoms with van der Waals surface area (Å²) in [7, 11) is -0.712. The lowest BCUT2D eigenvalue weighted by molar-refractivity contribution is 0.485. The molecule has 0 spiro atoms. The van der Waals surface area contributed by atoms with Crippen LogP contribution in [0.15, 0.2) is 0 Å². The van der Waals surface area contributed by atoms with Gasteiger partial charge in [-0.25, -0.2) is 0 Å². The van der Waals surface area contributed by atoms with Crippen molar-refractivity contribution < 1.29 is 4.21 Å². The fraction of sp³-hybridized carbons (Fsp3) is 1.00. The van der Waals surface area contributed by atoms with Crippen LogP contribution in [0, 0.1) is 0 Å². The quantitative estimate of drug-likeness (QED) is 0.712. The third-order valence-corrected chi connectivity index (χ3v) is 4.48. The van der Waals surface area contributed by atoms with E-state index in [0.717, 1.165) is 19.4 Å². The van der Waals surface area contributed by atoms with Gasteiger partial charge in [-0.2, -0.15) is 0 Å². The molecule has 0 aromatic carbocycles. The van der Waals surface area contributed by atoms with E-state index in [1.54, 1.807) is 0 Å². The van der Waals surface area contributed by atoms with E-state index in [2.05, 4.69) is 26.1 Å². The molecule has 3 unspecified atom stereocenters. The van der Waals surface area contributed by atoms with E-state index < -0.39 is 10.8 Å². The van der Waals surface area contributed by atoms with E-state index in [4.69, 9.17) is 0 Å². The summed E-state index contributed by atoms with van der Waals surface area (Å²) in [6.45, 7) is 11.5. The first-order valence-electron chi connectivity index (χ1n) is 5.67. The summed E-state index contributed by atoms with van der Waals surface area (Å²) >= 11 is 0. The van der Waals surface area contributed by atoms with Crippen molar-refractivity contribution in [1.82, 2.24) is 5.32 Å². The van der Waals surface area contributed by atoms with Crippen LogP contribution in [-0.2, 0) is 10.8 Å². The van der Waals surface area contributed by atoms with Gasteiger partial charge in [0.25, 0.3) is 0 Å². The largest absolute Gasteiger partial charge is 0.313 e. The zero-order chi connectivity index (χ0) is 11.1. The van der Waals surface area contributed by atoms with Gasteiger partial charge in [0.2, 0.25) is 0 Å². The Kier molecular flexibility index (Phi) is 7.47. The Morgan fingerprint density at radius 3 is 2.14 bits per heavy atom. The summed E-state index contributed by atoms with van der Waals surface area (Å²) in [4.78, 5) is 0. The maximum absolute atomic E-state index is 11.9. The summed E-state index contributed by atoms with van der Waals surface area (Å²) < 4.78 is 11.9. The van der Waals surface area contributed by atoms with Crippen LogP contribution in [0.1, 0.15) is 47.5 Å². The maximum Gasteiger partial charge on any atom is 0.0475 e. The molecule has 0 aliphatic carbocycles.